The van der Waals surface area contributed by atoms with Gasteiger partial charge in [-0.15, -0.1) is 22.9 Å². The number of halogens is 1. The number of alkyl halides is 1. The standard InChI is InChI=1S/C15H17ClO2S/c1-3-13-5-6-14(19-13)10-18-15-7-4-12(17-2)8-11(15)9-16/h4-8H,3,9-10H2,1-2H3. The van der Waals surface area contributed by atoms with E-state index in [9.17, 15) is 0 Å². The second-order valence-electron chi connectivity index (χ2n) is 4.12. The molecule has 1 aromatic carbocycles. The van der Waals surface area contributed by atoms with Crippen molar-refractivity contribution in [2.24, 2.45) is 0 Å². The van der Waals surface area contributed by atoms with Crippen LogP contribution in [-0.4, -0.2) is 7.11 Å². The van der Waals surface area contributed by atoms with Gasteiger partial charge in [-0.25, -0.2) is 0 Å². The molecular formula is C15H17ClO2S. The van der Waals surface area contributed by atoms with Crippen LogP contribution in [0.2, 0.25) is 0 Å². The van der Waals surface area contributed by atoms with Crippen LogP contribution in [0.15, 0.2) is 30.3 Å². The maximum Gasteiger partial charge on any atom is 0.124 e. The zero-order valence-corrected chi connectivity index (χ0v) is 12.7. The zero-order chi connectivity index (χ0) is 13.7. The number of rotatable bonds is 6. The molecule has 0 atom stereocenters. The van der Waals surface area contributed by atoms with E-state index in [2.05, 4.69) is 19.1 Å². The smallest absolute Gasteiger partial charge is 0.124 e. The first-order chi connectivity index (χ1) is 9.26. The maximum absolute atomic E-state index is 5.94. The Morgan fingerprint density at radius 1 is 1.16 bits per heavy atom. The van der Waals surface area contributed by atoms with E-state index in [0.29, 0.717) is 12.5 Å². The second-order valence-corrected chi connectivity index (χ2v) is 5.64. The van der Waals surface area contributed by atoms with Crippen molar-refractivity contribution in [1.29, 1.82) is 0 Å². The average Bonchev–Trinajstić information content (AvgIpc) is 2.92. The molecule has 0 fully saturated rings. The van der Waals surface area contributed by atoms with Crippen molar-refractivity contribution in [1.82, 2.24) is 0 Å². The van der Waals surface area contributed by atoms with E-state index < -0.39 is 0 Å². The lowest BCUT2D eigenvalue weighted by atomic mass is 10.2. The molecule has 0 N–H and O–H groups in total. The van der Waals surface area contributed by atoms with Crippen molar-refractivity contribution in [3.63, 3.8) is 0 Å². The van der Waals surface area contributed by atoms with Gasteiger partial charge in [0.05, 0.1) is 13.0 Å². The highest BCUT2D eigenvalue weighted by molar-refractivity contribution is 7.11. The molecule has 2 aromatic rings. The molecule has 0 aliphatic heterocycles. The molecule has 0 unspecified atom stereocenters. The first-order valence-electron chi connectivity index (χ1n) is 6.20. The molecule has 0 aliphatic rings. The summed E-state index contributed by atoms with van der Waals surface area (Å²) in [6.07, 6.45) is 1.07. The quantitative estimate of drug-likeness (QED) is 0.723. The normalized spacial score (nSPS) is 10.5. The first-order valence-corrected chi connectivity index (χ1v) is 7.55. The van der Waals surface area contributed by atoms with Gasteiger partial charge < -0.3 is 9.47 Å². The molecule has 0 saturated heterocycles. The van der Waals surface area contributed by atoms with E-state index in [1.165, 1.54) is 9.75 Å². The van der Waals surface area contributed by atoms with Gasteiger partial charge in [0.15, 0.2) is 0 Å². The number of thiophene rings is 1. The van der Waals surface area contributed by atoms with Crippen LogP contribution >= 0.6 is 22.9 Å². The van der Waals surface area contributed by atoms with Gasteiger partial charge in [0.25, 0.3) is 0 Å². The minimum absolute atomic E-state index is 0.414. The Labute approximate surface area is 122 Å². The Morgan fingerprint density at radius 2 is 1.95 bits per heavy atom. The van der Waals surface area contributed by atoms with E-state index in [1.54, 1.807) is 18.4 Å². The highest BCUT2D eigenvalue weighted by Gasteiger charge is 2.06. The molecule has 0 bridgehead atoms. The molecule has 19 heavy (non-hydrogen) atoms. The first kappa shape index (κ1) is 14.2. The zero-order valence-electron chi connectivity index (χ0n) is 11.1. The molecule has 4 heteroatoms. The predicted molar refractivity (Wildman–Crippen MR) is 80.6 cm³/mol. The molecule has 0 radical (unpaired) electrons. The number of benzene rings is 1. The Kier molecular flexibility index (Phi) is 5.11. The number of ether oxygens (including phenoxy) is 2. The summed E-state index contributed by atoms with van der Waals surface area (Å²) < 4.78 is 11.0. The minimum atomic E-state index is 0.414. The largest absolute Gasteiger partial charge is 0.497 e. The fourth-order valence-corrected chi connectivity index (χ4v) is 2.85. The van der Waals surface area contributed by atoms with Crippen molar-refractivity contribution in [3.8, 4) is 11.5 Å². The van der Waals surface area contributed by atoms with Crippen LogP contribution in [0, 0.1) is 0 Å². The Morgan fingerprint density at radius 3 is 2.58 bits per heavy atom. The summed E-state index contributed by atoms with van der Waals surface area (Å²) in [6.45, 7) is 2.74. The lowest BCUT2D eigenvalue weighted by Gasteiger charge is -2.10. The molecule has 2 rings (SSSR count). The van der Waals surface area contributed by atoms with E-state index in [4.69, 9.17) is 21.1 Å². The van der Waals surface area contributed by atoms with Crippen molar-refractivity contribution in [3.05, 3.63) is 45.6 Å². The van der Waals surface area contributed by atoms with E-state index in [-0.39, 0.29) is 0 Å². The van der Waals surface area contributed by atoms with Crippen LogP contribution in [0.4, 0.5) is 0 Å². The van der Waals surface area contributed by atoms with Crippen LogP contribution in [0.1, 0.15) is 22.2 Å². The van der Waals surface area contributed by atoms with Crippen LogP contribution in [0.3, 0.4) is 0 Å². The van der Waals surface area contributed by atoms with Gasteiger partial charge in [-0.3, -0.25) is 0 Å². The number of aryl methyl sites for hydroxylation is 1. The van der Waals surface area contributed by atoms with Gasteiger partial charge in [0.1, 0.15) is 18.1 Å². The van der Waals surface area contributed by atoms with E-state index in [0.717, 1.165) is 23.5 Å². The highest BCUT2D eigenvalue weighted by Crippen LogP contribution is 2.27. The van der Waals surface area contributed by atoms with Gasteiger partial charge in [0.2, 0.25) is 0 Å². The highest BCUT2D eigenvalue weighted by atomic mass is 35.5. The number of methoxy groups -OCH3 is 1. The molecule has 1 aromatic heterocycles. The average molecular weight is 297 g/mol. The van der Waals surface area contributed by atoms with Crippen LogP contribution in [-0.2, 0) is 18.9 Å². The molecule has 102 valence electrons. The van der Waals surface area contributed by atoms with Gasteiger partial charge in [-0.2, -0.15) is 0 Å². The third-order valence-electron chi connectivity index (χ3n) is 2.85. The lowest BCUT2D eigenvalue weighted by Crippen LogP contribution is -1.96. The maximum atomic E-state index is 5.94. The van der Waals surface area contributed by atoms with E-state index in [1.807, 2.05) is 18.2 Å². The number of hydrogen-bond acceptors (Lipinski definition) is 3. The van der Waals surface area contributed by atoms with Crippen molar-refractivity contribution in [2.45, 2.75) is 25.8 Å². The van der Waals surface area contributed by atoms with Crippen molar-refractivity contribution < 1.29 is 9.47 Å². The lowest BCUT2D eigenvalue weighted by molar-refractivity contribution is 0.306. The third kappa shape index (κ3) is 3.64. The molecule has 0 amide bonds. The molecule has 2 nitrogen and oxygen atoms in total. The van der Waals surface area contributed by atoms with E-state index >= 15 is 0 Å². The molecule has 0 saturated carbocycles. The minimum Gasteiger partial charge on any atom is -0.497 e. The summed E-state index contributed by atoms with van der Waals surface area (Å²) >= 11 is 7.73. The molecule has 0 aliphatic carbocycles. The topological polar surface area (TPSA) is 18.5 Å². The van der Waals surface area contributed by atoms with Crippen molar-refractivity contribution >= 4 is 22.9 Å². The predicted octanol–water partition coefficient (Wildman–Crippen LogP) is 4.64. The fourth-order valence-electron chi connectivity index (χ4n) is 1.77. The second kappa shape index (κ2) is 6.83. The Bertz CT molecular complexity index is 537. The van der Waals surface area contributed by atoms with Crippen LogP contribution in [0.5, 0.6) is 11.5 Å². The summed E-state index contributed by atoms with van der Waals surface area (Å²) in [5, 5.41) is 0. The van der Waals surface area contributed by atoms with Crippen molar-refractivity contribution in [2.75, 3.05) is 7.11 Å². The van der Waals surface area contributed by atoms with Gasteiger partial charge in [-0.05, 0) is 36.8 Å². The monoisotopic (exact) mass is 296 g/mol. The van der Waals surface area contributed by atoms with Gasteiger partial charge in [0, 0.05) is 15.3 Å². The number of hydrogen-bond donors (Lipinski definition) is 0. The molecular weight excluding hydrogens is 280 g/mol. The van der Waals surface area contributed by atoms with Gasteiger partial charge in [-0.1, -0.05) is 6.92 Å². The summed E-state index contributed by atoms with van der Waals surface area (Å²) in [5.74, 6) is 2.03. The summed E-state index contributed by atoms with van der Waals surface area (Å²) in [7, 11) is 1.64. The van der Waals surface area contributed by atoms with Crippen LogP contribution < -0.4 is 9.47 Å². The Hall–Kier alpha value is -1.19. The third-order valence-corrected chi connectivity index (χ3v) is 4.34. The molecule has 1 heterocycles. The Balaban J connectivity index is 2.06. The van der Waals surface area contributed by atoms with Gasteiger partial charge >= 0.3 is 0 Å². The van der Waals surface area contributed by atoms with Crippen LogP contribution in [0.25, 0.3) is 0 Å². The molecule has 0 spiro atoms. The summed E-state index contributed by atoms with van der Waals surface area (Å²) in [4.78, 5) is 2.61. The SMILES string of the molecule is CCc1ccc(COc2ccc(OC)cc2CCl)s1. The summed E-state index contributed by atoms with van der Waals surface area (Å²) in [6, 6.07) is 9.98. The summed E-state index contributed by atoms with van der Waals surface area (Å²) in [5.41, 5.74) is 0.952. The fraction of sp³-hybridized carbons (Fsp3) is 0.333.